The molecule has 0 aliphatic carbocycles. The fourth-order valence-electron chi connectivity index (χ4n) is 2.79. The number of amides is 1. The van der Waals surface area contributed by atoms with Crippen LogP contribution in [0, 0.1) is 0 Å². The van der Waals surface area contributed by atoms with Crippen molar-refractivity contribution in [2.75, 3.05) is 25.6 Å². The van der Waals surface area contributed by atoms with Gasteiger partial charge in [-0.1, -0.05) is 17.7 Å². The molecule has 27 heavy (non-hydrogen) atoms. The van der Waals surface area contributed by atoms with Crippen molar-refractivity contribution >= 4 is 29.2 Å². The van der Waals surface area contributed by atoms with E-state index < -0.39 is 5.97 Å². The Morgan fingerprint density at radius 3 is 2.67 bits per heavy atom. The molecule has 0 aromatic heterocycles. The molecule has 0 unspecified atom stereocenters. The molecule has 142 valence electrons. The predicted molar refractivity (Wildman–Crippen MR) is 102 cm³/mol. The lowest BCUT2D eigenvalue weighted by molar-refractivity contribution is -0.116. The first kappa shape index (κ1) is 19.0. The smallest absolute Gasteiger partial charge is 0.339 e. The van der Waals surface area contributed by atoms with Crippen molar-refractivity contribution in [2.45, 2.75) is 19.3 Å². The van der Waals surface area contributed by atoms with Crippen LogP contribution in [0.4, 0.5) is 5.69 Å². The van der Waals surface area contributed by atoms with E-state index in [1.807, 2.05) is 18.2 Å². The van der Waals surface area contributed by atoms with Gasteiger partial charge in [-0.3, -0.25) is 4.79 Å². The van der Waals surface area contributed by atoms with E-state index in [2.05, 4.69) is 10.1 Å². The molecule has 0 radical (unpaired) electrons. The average molecular weight is 390 g/mol. The summed E-state index contributed by atoms with van der Waals surface area (Å²) in [4.78, 5) is 23.8. The molecule has 1 aliphatic rings. The van der Waals surface area contributed by atoms with Crippen LogP contribution in [0.1, 0.15) is 28.8 Å². The summed E-state index contributed by atoms with van der Waals surface area (Å²) in [5.74, 6) is 0.826. The molecule has 1 N–H and O–H groups in total. The number of esters is 1. The molecule has 6 nitrogen and oxygen atoms in total. The summed E-state index contributed by atoms with van der Waals surface area (Å²) in [6.07, 6.45) is 1.78. The normalized spacial score (nSPS) is 12.4. The summed E-state index contributed by atoms with van der Waals surface area (Å²) < 4.78 is 15.7. The number of ether oxygens (including phenoxy) is 3. The molecule has 0 bridgehead atoms. The van der Waals surface area contributed by atoms with Crippen molar-refractivity contribution < 1.29 is 23.8 Å². The molecular weight excluding hydrogens is 370 g/mol. The zero-order chi connectivity index (χ0) is 19.2. The fraction of sp³-hybridized carbons (Fsp3) is 0.300. The van der Waals surface area contributed by atoms with Gasteiger partial charge in [0.05, 0.1) is 17.7 Å². The lowest BCUT2D eigenvalue weighted by Crippen LogP contribution is -2.15. The molecule has 2 aromatic carbocycles. The lowest BCUT2D eigenvalue weighted by atomic mass is 10.1. The lowest BCUT2D eigenvalue weighted by Gasteiger charge is -2.18. The van der Waals surface area contributed by atoms with Gasteiger partial charge in [0.1, 0.15) is 13.2 Å². The van der Waals surface area contributed by atoms with Gasteiger partial charge in [0.15, 0.2) is 11.5 Å². The summed E-state index contributed by atoms with van der Waals surface area (Å²) in [6.45, 7) is 1.11. The number of halogens is 1. The minimum Gasteiger partial charge on any atom is -0.486 e. The van der Waals surface area contributed by atoms with Crippen molar-refractivity contribution in [3.8, 4) is 11.5 Å². The standard InChI is InChI=1S/C20H20ClNO5/c1-25-20(24)15-12-14(6-7-16(15)21)22-19(23)4-2-3-13-5-8-17-18(11-13)27-10-9-26-17/h5-8,11-12H,2-4,9-10H2,1H3,(H,22,23). The summed E-state index contributed by atoms with van der Waals surface area (Å²) >= 11 is 5.98. The first-order valence-electron chi connectivity index (χ1n) is 8.63. The van der Waals surface area contributed by atoms with E-state index >= 15 is 0 Å². The fourth-order valence-corrected chi connectivity index (χ4v) is 2.98. The quantitative estimate of drug-likeness (QED) is 0.759. The van der Waals surface area contributed by atoms with Gasteiger partial charge < -0.3 is 19.5 Å². The second-order valence-electron chi connectivity index (χ2n) is 6.07. The number of rotatable bonds is 6. The van der Waals surface area contributed by atoms with Crippen molar-refractivity contribution in [3.05, 3.63) is 52.5 Å². The minimum atomic E-state index is -0.547. The second-order valence-corrected chi connectivity index (χ2v) is 6.47. The maximum absolute atomic E-state index is 12.2. The van der Waals surface area contributed by atoms with E-state index in [1.54, 1.807) is 12.1 Å². The number of anilines is 1. The van der Waals surface area contributed by atoms with Crippen LogP contribution in [0.3, 0.4) is 0 Å². The Bertz CT molecular complexity index is 852. The maximum atomic E-state index is 12.2. The van der Waals surface area contributed by atoms with Gasteiger partial charge in [-0.15, -0.1) is 0 Å². The van der Waals surface area contributed by atoms with Crippen LogP contribution in [0.15, 0.2) is 36.4 Å². The summed E-state index contributed by atoms with van der Waals surface area (Å²) in [6, 6.07) is 10.5. The SMILES string of the molecule is COC(=O)c1cc(NC(=O)CCCc2ccc3c(c2)OCCO3)ccc1Cl. The summed E-state index contributed by atoms with van der Waals surface area (Å²) in [5, 5.41) is 3.05. The molecule has 0 fully saturated rings. The molecule has 1 aliphatic heterocycles. The zero-order valence-electron chi connectivity index (χ0n) is 14.9. The molecule has 0 saturated carbocycles. The van der Waals surface area contributed by atoms with Crippen LogP contribution in [0.2, 0.25) is 5.02 Å². The van der Waals surface area contributed by atoms with E-state index in [9.17, 15) is 9.59 Å². The van der Waals surface area contributed by atoms with Gasteiger partial charge in [0.2, 0.25) is 5.91 Å². The molecule has 0 spiro atoms. The van der Waals surface area contributed by atoms with E-state index in [4.69, 9.17) is 21.1 Å². The molecule has 2 aromatic rings. The molecular formula is C20H20ClNO5. The van der Waals surface area contributed by atoms with Crippen molar-refractivity contribution in [1.29, 1.82) is 0 Å². The Morgan fingerprint density at radius 2 is 1.89 bits per heavy atom. The Morgan fingerprint density at radius 1 is 1.11 bits per heavy atom. The number of methoxy groups -OCH3 is 1. The van der Waals surface area contributed by atoms with Crippen LogP contribution in [-0.4, -0.2) is 32.2 Å². The van der Waals surface area contributed by atoms with E-state index in [0.717, 1.165) is 23.5 Å². The second kappa shape index (κ2) is 8.77. The van der Waals surface area contributed by atoms with Crippen LogP contribution in [0.5, 0.6) is 11.5 Å². The number of nitrogens with one attached hydrogen (secondary N) is 1. The van der Waals surface area contributed by atoms with Gasteiger partial charge >= 0.3 is 5.97 Å². The number of benzene rings is 2. The maximum Gasteiger partial charge on any atom is 0.339 e. The number of aryl methyl sites for hydroxylation is 1. The summed E-state index contributed by atoms with van der Waals surface area (Å²) in [7, 11) is 1.28. The van der Waals surface area contributed by atoms with Crippen LogP contribution in [-0.2, 0) is 16.0 Å². The molecule has 1 amide bonds. The average Bonchev–Trinajstić information content (AvgIpc) is 2.68. The molecule has 0 saturated heterocycles. The first-order chi connectivity index (χ1) is 13.1. The Balaban J connectivity index is 1.52. The third-order valence-electron chi connectivity index (χ3n) is 4.13. The Labute approximate surface area is 162 Å². The monoisotopic (exact) mass is 389 g/mol. The highest BCUT2D eigenvalue weighted by Gasteiger charge is 2.14. The zero-order valence-corrected chi connectivity index (χ0v) is 15.7. The molecule has 1 heterocycles. The van der Waals surface area contributed by atoms with Crippen molar-refractivity contribution in [3.63, 3.8) is 0 Å². The molecule has 3 rings (SSSR count). The van der Waals surface area contributed by atoms with E-state index in [-0.39, 0.29) is 16.5 Å². The van der Waals surface area contributed by atoms with E-state index in [0.29, 0.717) is 31.7 Å². The van der Waals surface area contributed by atoms with Crippen LogP contribution >= 0.6 is 11.6 Å². The highest BCUT2D eigenvalue weighted by Crippen LogP contribution is 2.31. The molecule has 0 atom stereocenters. The first-order valence-corrected chi connectivity index (χ1v) is 9.01. The van der Waals surface area contributed by atoms with Crippen molar-refractivity contribution in [2.24, 2.45) is 0 Å². The van der Waals surface area contributed by atoms with Gasteiger partial charge in [-0.25, -0.2) is 4.79 Å². The highest BCUT2D eigenvalue weighted by molar-refractivity contribution is 6.33. The summed E-state index contributed by atoms with van der Waals surface area (Å²) in [5.41, 5.74) is 1.81. The van der Waals surface area contributed by atoms with Gasteiger partial charge in [-0.2, -0.15) is 0 Å². The number of hydrogen-bond donors (Lipinski definition) is 1. The number of carbonyl (C=O) groups is 2. The van der Waals surface area contributed by atoms with Crippen LogP contribution < -0.4 is 14.8 Å². The molecule has 7 heteroatoms. The van der Waals surface area contributed by atoms with Crippen LogP contribution in [0.25, 0.3) is 0 Å². The Hall–Kier alpha value is -2.73. The van der Waals surface area contributed by atoms with E-state index in [1.165, 1.54) is 13.2 Å². The topological polar surface area (TPSA) is 73.9 Å². The van der Waals surface area contributed by atoms with Crippen molar-refractivity contribution in [1.82, 2.24) is 0 Å². The third-order valence-corrected chi connectivity index (χ3v) is 4.46. The third kappa shape index (κ3) is 4.92. The minimum absolute atomic E-state index is 0.134. The van der Waals surface area contributed by atoms with Gasteiger partial charge in [0.25, 0.3) is 0 Å². The number of fused-ring (bicyclic) bond motifs is 1. The van der Waals surface area contributed by atoms with Gasteiger partial charge in [-0.05, 0) is 48.7 Å². The number of carbonyl (C=O) groups excluding carboxylic acids is 2. The Kier molecular flexibility index (Phi) is 6.19. The largest absolute Gasteiger partial charge is 0.486 e. The highest BCUT2D eigenvalue weighted by atomic mass is 35.5. The predicted octanol–water partition coefficient (Wildman–Crippen LogP) is 3.86. The van der Waals surface area contributed by atoms with Gasteiger partial charge in [0, 0.05) is 12.1 Å². The number of hydrogen-bond acceptors (Lipinski definition) is 5.